The highest BCUT2D eigenvalue weighted by Crippen LogP contribution is 2.27. The number of carboxylic acid groups (broad SMARTS) is 1. The third-order valence-electron chi connectivity index (χ3n) is 2.86. The summed E-state index contributed by atoms with van der Waals surface area (Å²) in [6.07, 6.45) is 1.51. The summed E-state index contributed by atoms with van der Waals surface area (Å²) < 4.78 is 31.0. The summed E-state index contributed by atoms with van der Waals surface area (Å²) in [5.74, 6) is -3.54. The van der Waals surface area contributed by atoms with Gasteiger partial charge in [0.15, 0.2) is 18.2 Å². The third-order valence-corrected chi connectivity index (χ3v) is 2.86. The van der Waals surface area contributed by atoms with Gasteiger partial charge in [0, 0.05) is 12.1 Å². The van der Waals surface area contributed by atoms with Crippen LogP contribution >= 0.6 is 0 Å². The van der Waals surface area contributed by atoms with Crippen LogP contribution in [0, 0.1) is 11.6 Å². The Labute approximate surface area is 113 Å². The van der Waals surface area contributed by atoms with Crippen LogP contribution in [0.1, 0.15) is 12.8 Å². The minimum absolute atomic E-state index is 0.0831. The highest BCUT2D eigenvalue weighted by Gasteiger charge is 2.34. The summed E-state index contributed by atoms with van der Waals surface area (Å²) in [5, 5.41) is 8.73. The normalized spacial score (nSPS) is 13.9. The van der Waals surface area contributed by atoms with Gasteiger partial charge in [-0.25, -0.2) is 8.78 Å². The number of aliphatic carboxylic acids is 1. The van der Waals surface area contributed by atoms with Crippen molar-refractivity contribution >= 4 is 11.9 Å². The van der Waals surface area contributed by atoms with Crippen LogP contribution in [-0.4, -0.2) is 41.1 Å². The molecule has 0 spiro atoms. The first-order chi connectivity index (χ1) is 9.47. The Morgan fingerprint density at radius 1 is 1.35 bits per heavy atom. The van der Waals surface area contributed by atoms with Gasteiger partial charge < -0.3 is 14.7 Å². The van der Waals surface area contributed by atoms with Crippen LogP contribution in [0.15, 0.2) is 18.2 Å². The Morgan fingerprint density at radius 2 is 2.05 bits per heavy atom. The number of hydrogen-bond donors (Lipinski definition) is 1. The maximum Gasteiger partial charge on any atom is 0.323 e. The molecule has 0 heterocycles. The number of amides is 1. The fourth-order valence-electron chi connectivity index (χ4n) is 1.77. The number of carbonyl (C=O) groups is 2. The molecule has 1 aliphatic rings. The predicted molar refractivity (Wildman–Crippen MR) is 64.2 cm³/mol. The number of benzene rings is 1. The minimum atomic E-state index is -1.11. The van der Waals surface area contributed by atoms with Crippen molar-refractivity contribution < 1.29 is 28.2 Å². The SMILES string of the molecule is O=C(O)CN(C(=O)COc1ccc(F)cc1F)C1CC1. The van der Waals surface area contributed by atoms with E-state index in [2.05, 4.69) is 0 Å². The summed E-state index contributed by atoms with van der Waals surface area (Å²) in [7, 11) is 0. The van der Waals surface area contributed by atoms with Crippen LogP contribution in [-0.2, 0) is 9.59 Å². The Bertz CT molecular complexity index is 531. The van der Waals surface area contributed by atoms with Gasteiger partial charge in [-0.2, -0.15) is 0 Å². The predicted octanol–water partition coefficient (Wildman–Crippen LogP) is 1.42. The van der Waals surface area contributed by atoms with Crippen molar-refractivity contribution in [3.05, 3.63) is 29.8 Å². The average Bonchev–Trinajstić information content (AvgIpc) is 3.18. The Kier molecular flexibility index (Phi) is 4.16. The maximum atomic E-state index is 13.3. The van der Waals surface area contributed by atoms with E-state index in [1.54, 1.807) is 0 Å². The van der Waals surface area contributed by atoms with Crippen molar-refractivity contribution in [2.75, 3.05) is 13.2 Å². The van der Waals surface area contributed by atoms with E-state index >= 15 is 0 Å². The lowest BCUT2D eigenvalue weighted by atomic mass is 10.3. The Balaban J connectivity index is 1.94. The van der Waals surface area contributed by atoms with E-state index in [4.69, 9.17) is 9.84 Å². The van der Waals surface area contributed by atoms with Gasteiger partial charge in [-0.15, -0.1) is 0 Å². The first-order valence-electron chi connectivity index (χ1n) is 6.06. The lowest BCUT2D eigenvalue weighted by Gasteiger charge is -2.20. The van der Waals surface area contributed by atoms with Crippen LogP contribution in [0.2, 0.25) is 0 Å². The summed E-state index contributed by atoms with van der Waals surface area (Å²) in [4.78, 5) is 23.7. The standard InChI is InChI=1S/C13H13F2NO4/c14-8-1-4-11(10(15)5-8)20-7-12(17)16(6-13(18)19)9-2-3-9/h1,4-5,9H,2-3,6-7H2,(H,18,19). The van der Waals surface area contributed by atoms with E-state index in [0.29, 0.717) is 6.07 Å². The first-order valence-corrected chi connectivity index (χ1v) is 6.06. The molecule has 1 aromatic carbocycles. The Hall–Kier alpha value is -2.18. The molecule has 1 amide bonds. The molecule has 2 rings (SSSR count). The first kappa shape index (κ1) is 14.2. The molecular weight excluding hydrogens is 272 g/mol. The number of ether oxygens (including phenoxy) is 1. The molecule has 7 heteroatoms. The summed E-state index contributed by atoms with van der Waals surface area (Å²) in [6.45, 7) is -0.884. The van der Waals surface area contributed by atoms with Crippen molar-refractivity contribution in [1.29, 1.82) is 0 Å². The van der Waals surface area contributed by atoms with Crippen LogP contribution in [0.5, 0.6) is 5.75 Å². The van der Waals surface area contributed by atoms with Gasteiger partial charge in [-0.05, 0) is 25.0 Å². The maximum absolute atomic E-state index is 13.3. The molecular formula is C13H13F2NO4. The van der Waals surface area contributed by atoms with Gasteiger partial charge in [-0.1, -0.05) is 0 Å². The second-order valence-electron chi connectivity index (χ2n) is 4.51. The summed E-state index contributed by atoms with van der Waals surface area (Å²) in [6, 6.07) is 2.66. The van der Waals surface area contributed by atoms with E-state index in [9.17, 15) is 18.4 Å². The smallest absolute Gasteiger partial charge is 0.323 e. The van der Waals surface area contributed by atoms with Crippen molar-refractivity contribution in [3.63, 3.8) is 0 Å². The minimum Gasteiger partial charge on any atom is -0.481 e. The van der Waals surface area contributed by atoms with Crippen LogP contribution < -0.4 is 4.74 Å². The molecule has 0 aliphatic heterocycles. The molecule has 1 aromatic rings. The molecule has 108 valence electrons. The van der Waals surface area contributed by atoms with E-state index in [0.717, 1.165) is 25.0 Å². The van der Waals surface area contributed by atoms with Gasteiger partial charge in [0.2, 0.25) is 0 Å². The molecule has 0 aromatic heterocycles. The van der Waals surface area contributed by atoms with E-state index in [-0.39, 0.29) is 11.8 Å². The zero-order valence-corrected chi connectivity index (χ0v) is 10.5. The quantitative estimate of drug-likeness (QED) is 0.858. The van der Waals surface area contributed by atoms with Gasteiger partial charge >= 0.3 is 5.97 Å². The van der Waals surface area contributed by atoms with Gasteiger partial charge in [0.05, 0.1) is 0 Å². The molecule has 0 saturated heterocycles. The largest absolute Gasteiger partial charge is 0.481 e. The van der Waals surface area contributed by atoms with Crippen molar-refractivity contribution in [3.8, 4) is 5.75 Å². The second kappa shape index (κ2) is 5.85. The fraction of sp³-hybridized carbons (Fsp3) is 0.385. The monoisotopic (exact) mass is 285 g/mol. The van der Waals surface area contributed by atoms with Crippen molar-refractivity contribution in [2.45, 2.75) is 18.9 Å². The second-order valence-corrected chi connectivity index (χ2v) is 4.51. The zero-order valence-electron chi connectivity index (χ0n) is 10.5. The number of halogens is 2. The molecule has 1 saturated carbocycles. The lowest BCUT2D eigenvalue weighted by Crippen LogP contribution is -2.40. The van der Waals surface area contributed by atoms with Crippen molar-refractivity contribution in [1.82, 2.24) is 4.90 Å². The van der Waals surface area contributed by atoms with E-state index in [1.165, 1.54) is 4.90 Å². The molecule has 1 fully saturated rings. The molecule has 5 nitrogen and oxygen atoms in total. The summed E-state index contributed by atoms with van der Waals surface area (Å²) in [5.41, 5.74) is 0. The third kappa shape index (κ3) is 3.66. The zero-order chi connectivity index (χ0) is 14.7. The average molecular weight is 285 g/mol. The van der Waals surface area contributed by atoms with Crippen LogP contribution in [0.4, 0.5) is 8.78 Å². The molecule has 0 unspecified atom stereocenters. The van der Waals surface area contributed by atoms with Crippen LogP contribution in [0.25, 0.3) is 0 Å². The molecule has 0 atom stereocenters. The van der Waals surface area contributed by atoms with E-state index < -0.39 is 36.7 Å². The lowest BCUT2D eigenvalue weighted by molar-refractivity contribution is -0.145. The highest BCUT2D eigenvalue weighted by atomic mass is 19.1. The molecule has 0 bridgehead atoms. The number of hydrogen-bond acceptors (Lipinski definition) is 3. The topological polar surface area (TPSA) is 66.8 Å². The molecule has 0 radical (unpaired) electrons. The molecule has 20 heavy (non-hydrogen) atoms. The van der Waals surface area contributed by atoms with Crippen molar-refractivity contribution in [2.24, 2.45) is 0 Å². The molecule has 1 N–H and O–H groups in total. The number of rotatable bonds is 6. The fourth-order valence-corrected chi connectivity index (χ4v) is 1.77. The van der Waals surface area contributed by atoms with Gasteiger partial charge in [0.1, 0.15) is 12.4 Å². The van der Waals surface area contributed by atoms with Crippen LogP contribution in [0.3, 0.4) is 0 Å². The number of carbonyl (C=O) groups excluding carboxylic acids is 1. The van der Waals surface area contributed by atoms with Gasteiger partial charge in [0.25, 0.3) is 5.91 Å². The van der Waals surface area contributed by atoms with E-state index in [1.807, 2.05) is 0 Å². The summed E-state index contributed by atoms with van der Waals surface area (Å²) >= 11 is 0. The highest BCUT2D eigenvalue weighted by molar-refractivity contribution is 5.83. The Morgan fingerprint density at radius 3 is 2.60 bits per heavy atom. The van der Waals surface area contributed by atoms with Gasteiger partial charge in [-0.3, -0.25) is 9.59 Å². The number of nitrogens with zero attached hydrogens (tertiary/aromatic N) is 1. The molecule has 1 aliphatic carbocycles. The number of carboxylic acids is 1.